The summed E-state index contributed by atoms with van der Waals surface area (Å²) in [5, 5.41) is 3.58. The van der Waals surface area contributed by atoms with Crippen LogP contribution in [0, 0.1) is 6.92 Å². The Morgan fingerprint density at radius 3 is 2.72 bits per heavy atom. The highest BCUT2D eigenvalue weighted by Crippen LogP contribution is 2.30. The SMILES string of the molecule is CCCc1nc2c(C)cc(C3=NC4CCCC=C4N3)cc2n1Cc1ccc(-c2ccccc2)c(C(=O)OC)c1. The zero-order valence-electron chi connectivity index (χ0n) is 22.8. The molecule has 198 valence electrons. The van der Waals surface area contributed by atoms with Crippen molar-refractivity contribution in [3.63, 3.8) is 0 Å². The van der Waals surface area contributed by atoms with Crippen molar-refractivity contribution in [1.29, 1.82) is 0 Å². The van der Waals surface area contributed by atoms with Gasteiger partial charge in [0.1, 0.15) is 11.7 Å². The van der Waals surface area contributed by atoms with E-state index in [9.17, 15) is 4.79 Å². The summed E-state index contributed by atoms with van der Waals surface area (Å²) >= 11 is 0. The number of ether oxygens (including phenoxy) is 1. The van der Waals surface area contributed by atoms with Crippen LogP contribution in [0.3, 0.4) is 0 Å². The quantitative estimate of drug-likeness (QED) is 0.281. The van der Waals surface area contributed by atoms with Crippen LogP contribution in [-0.2, 0) is 17.7 Å². The lowest BCUT2D eigenvalue weighted by Gasteiger charge is -2.14. The second-order valence-electron chi connectivity index (χ2n) is 10.5. The minimum absolute atomic E-state index is 0.255. The third-order valence-electron chi connectivity index (χ3n) is 7.74. The molecule has 0 saturated heterocycles. The van der Waals surface area contributed by atoms with Gasteiger partial charge in [-0.2, -0.15) is 0 Å². The lowest BCUT2D eigenvalue weighted by molar-refractivity contribution is 0.0601. The number of hydrogen-bond acceptors (Lipinski definition) is 5. The molecule has 1 aliphatic carbocycles. The Bertz CT molecular complexity index is 1610. The first-order valence-corrected chi connectivity index (χ1v) is 13.9. The Labute approximate surface area is 229 Å². The molecule has 1 atom stereocenters. The van der Waals surface area contributed by atoms with Gasteiger partial charge in [0.05, 0.1) is 29.7 Å². The van der Waals surface area contributed by atoms with Gasteiger partial charge in [0, 0.05) is 24.2 Å². The predicted octanol–water partition coefficient (Wildman–Crippen LogP) is 6.59. The van der Waals surface area contributed by atoms with Gasteiger partial charge in [-0.1, -0.05) is 55.5 Å². The van der Waals surface area contributed by atoms with Crippen molar-refractivity contribution < 1.29 is 9.53 Å². The lowest BCUT2D eigenvalue weighted by Crippen LogP contribution is -2.21. The topological polar surface area (TPSA) is 68.5 Å². The fourth-order valence-electron chi connectivity index (χ4n) is 5.79. The van der Waals surface area contributed by atoms with E-state index < -0.39 is 0 Å². The average molecular weight is 519 g/mol. The summed E-state index contributed by atoms with van der Waals surface area (Å²) in [5.41, 5.74) is 9.04. The van der Waals surface area contributed by atoms with Gasteiger partial charge in [0.25, 0.3) is 0 Å². The maximum absolute atomic E-state index is 12.8. The minimum atomic E-state index is -0.334. The molecule has 1 unspecified atom stereocenters. The van der Waals surface area contributed by atoms with Crippen molar-refractivity contribution in [2.45, 2.75) is 58.5 Å². The number of methoxy groups -OCH3 is 1. The Hall–Kier alpha value is -4.19. The highest BCUT2D eigenvalue weighted by molar-refractivity contribution is 6.04. The molecule has 0 amide bonds. The second kappa shape index (κ2) is 10.5. The Kier molecular flexibility index (Phi) is 6.77. The summed E-state index contributed by atoms with van der Waals surface area (Å²) < 4.78 is 7.47. The lowest BCUT2D eigenvalue weighted by atomic mass is 9.97. The van der Waals surface area contributed by atoms with Crippen molar-refractivity contribution in [3.05, 3.63) is 101 Å². The van der Waals surface area contributed by atoms with Gasteiger partial charge in [-0.15, -0.1) is 0 Å². The van der Waals surface area contributed by atoms with Crippen LogP contribution in [-0.4, -0.2) is 34.5 Å². The van der Waals surface area contributed by atoms with Gasteiger partial charge in [0.15, 0.2) is 0 Å². The van der Waals surface area contributed by atoms with E-state index in [1.165, 1.54) is 19.2 Å². The standard InChI is InChI=1S/C33H34N4O2/c1-4-10-30-36-31-21(2)17-24(32-34-27-13-8-9-14-28(27)35-32)19-29(31)37(30)20-22-15-16-25(23-11-6-5-7-12-23)26(18-22)33(38)39-3/h5-7,11-13,15-19,28H,4,8-10,14,20H2,1-3H3,(H,34,35). The number of nitrogens with one attached hydrogen (secondary N) is 1. The number of fused-ring (bicyclic) bond motifs is 2. The number of aryl methyl sites for hydroxylation is 2. The molecule has 0 spiro atoms. The number of aromatic nitrogens is 2. The van der Waals surface area contributed by atoms with Gasteiger partial charge in [-0.3, -0.25) is 4.99 Å². The smallest absolute Gasteiger partial charge is 0.338 e. The Balaban J connectivity index is 1.43. The molecule has 39 heavy (non-hydrogen) atoms. The maximum atomic E-state index is 12.8. The van der Waals surface area contributed by atoms with Crippen molar-refractivity contribution in [1.82, 2.24) is 14.9 Å². The van der Waals surface area contributed by atoms with Gasteiger partial charge in [-0.25, -0.2) is 9.78 Å². The Morgan fingerprint density at radius 1 is 1.10 bits per heavy atom. The van der Waals surface area contributed by atoms with Crippen molar-refractivity contribution in [2.75, 3.05) is 7.11 Å². The van der Waals surface area contributed by atoms with Crippen molar-refractivity contribution >= 4 is 22.8 Å². The highest BCUT2D eigenvalue weighted by atomic mass is 16.5. The largest absolute Gasteiger partial charge is 0.465 e. The van der Waals surface area contributed by atoms with E-state index >= 15 is 0 Å². The van der Waals surface area contributed by atoms with Crippen LogP contribution >= 0.6 is 0 Å². The van der Waals surface area contributed by atoms with Crippen LogP contribution < -0.4 is 5.32 Å². The molecule has 1 aromatic heterocycles. The molecule has 2 aliphatic rings. The second-order valence-corrected chi connectivity index (χ2v) is 10.5. The van der Waals surface area contributed by atoms with E-state index in [1.807, 2.05) is 42.5 Å². The van der Waals surface area contributed by atoms with Crippen LogP contribution in [0.2, 0.25) is 0 Å². The summed E-state index contributed by atoms with van der Waals surface area (Å²) in [6.07, 6.45) is 7.57. The van der Waals surface area contributed by atoms with E-state index in [-0.39, 0.29) is 12.0 Å². The predicted molar refractivity (Wildman–Crippen MR) is 156 cm³/mol. The fourth-order valence-corrected chi connectivity index (χ4v) is 5.79. The number of amidine groups is 1. The van der Waals surface area contributed by atoms with E-state index in [1.54, 1.807) is 0 Å². The maximum Gasteiger partial charge on any atom is 0.338 e. The molecule has 6 heteroatoms. The molecule has 0 fully saturated rings. The summed E-state index contributed by atoms with van der Waals surface area (Å²) in [6, 6.07) is 20.7. The first-order valence-electron chi connectivity index (χ1n) is 13.9. The highest BCUT2D eigenvalue weighted by Gasteiger charge is 2.26. The molecule has 0 saturated carbocycles. The number of allylic oxidation sites excluding steroid dienone is 1. The zero-order chi connectivity index (χ0) is 26.9. The fraction of sp³-hybridized carbons (Fsp3) is 0.303. The number of rotatable bonds is 7. The molecular weight excluding hydrogens is 484 g/mol. The Morgan fingerprint density at radius 2 is 1.95 bits per heavy atom. The molecule has 1 aliphatic heterocycles. The third-order valence-corrected chi connectivity index (χ3v) is 7.74. The van der Waals surface area contributed by atoms with Crippen LogP contribution in [0.5, 0.6) is 0 Å². The van der Waals surface area contributed by atoms with Gasteiger partial charge in [-0.05, 0) is 73.1 Å². The first kappa shape index (κ1) is 25.1. The summed E-state index contributed by atoms with van der Waals surface area (Å²) in [4.78, 5) is 22.9. The zero-order valence-corrected chi connectivity index (χ0v) is 22.8. The molecule has 0 radical (unpaired) electrons. The van der Waals surface area contributed by atoms with E-state index in [0.29, 0.717) is 12.1 Å². The molecule has 4 aromatic rings. The first-order chi connectivity index (χ1) is 19.1. The number of carbonyl (C=O) groups excluding carboxylic acids is 1. The number of nitrogens with zero attached hydrogens (tertiary/aromatic N) is 3. The molecule has 6 nitrogen and oxygen atoms in total. The van der Waals surface area contributed by atoms with Crippen LogP contribution in [0.15, 0.2) is 77.4 Å². The molecule has 3 aromatic carbocycles. The van der Waals surface area contributed by atoms with Gasteiger partial charge in [0.2, 0.25) is 0 Å². The normalized spacial score (nSPS) is 16.4. The number of benzene rings is 3. The van der Waals surface area contributed by atoms with E-state index in [0.717, 1.165) is 76.2 Å². The van der Waals surface area contributed by atoms with Crippen LogP contribution in [0.1, 0.15) is 65.5 Å². The molecular formula is C33H34N4O2. The summed E-state index contributed by atoms with van der Waals surface area (Å²) in [6.45, 7) is 4.92. The monoisotopic (exact) mass is 518 g/mol. The third kappa shape index (κ3) is 4.76. The van der Waals surface area contributed by atoms with Gasteiger partial charge < -0.3 is 14.6 Å². The minimum Gasteiger partial charge on any atom is -0.465 e. The number of carbonyl (C=O) groups is 1. The van der Waals surface area contributed by atoms with Crippen LogP contribution in [0.4, 0.5) is 0 Å². The number of aliphatic imine (C=N–C) groups is 1. The molecule has 2 heterocycles. The van der Waals surface area contributed by atoms with E-state index in [4.69, 9.17) is 14.7 Å². The molecule has 6 rings (SSSR count). The van der Waals surface area contributed by atoms with Gasteiger partial charge >= 0.3 is 5.97 Å². The number of esters is 1. The van der Waals surface area contributed by atoms with E-state index in [2.05, 4.69) is 48.0 Å². The summed E-state index contributed by atoms with van der Waals surface area (Å²) in [7, 11) is 1.43. The van der Waals surface area contributed by atoms with Crippen molar-refractivity contribution in [3.8, 4) is 11.1 Å². The molecule has 1 N–H and O–H groups in total. The van der Waals surface area contributed by atoms with Crippen molar-refractivity contribution in [2.24, 2.45) is 4.99 Å². The van der Waals surface area contributed by atoms with Crippen LogP contribution in [0.25, 0.3) is 22.2 Å². The number of imidazole rings is 1. The summed E-state index contributed by atoms with van der Waals surface area (Å²) in [5.74, 6) is 1.67. The average Bonchev–Trinajstić information content (AvgIpc) is 3.55. The molecule has 0 bridgehead atoms. The number of hydrogen-bond donors (Lipinski definition) is 1.